The van der Waals surface area contributed by atoms with E-state index in [2.05, 4.69) is 16.0 Å². The minimum absolute atomic E-state index is 0.300. The van der Waals surface area contributed by atoms with Crippen LogP contribution in [0.1, 0.15) is 40.0 Å². The quantitative estimate of drug-likeness (QED) is 0.0942. The second-order valence-corrected chi connectivity index (χ2v) is 8.33. The highest BCUT2D eigenvalue weighted by molar-refractivity contribution is 5.96. The SMILES string of the molecule is CC(C)[C@H](N)C(=O)N[C@H](C(=O)N[C@@H](CCC(=O)O)C(=O)N[C@@H](CC(N)=O)C(=O)NCC(=O)O)[C@@H](C)O. The van der Waals surface area contributed by atoms with Gasteiger partial charge in [0.1, 0.15) is 24.7 Å². The summed E-state index contributed by atoms with van der Waals surface area (Å²) in [6, 6.07) is -5.80. The molecule has 0 aromatic rings. The first-order valence-corrected chi connectivity index (χ1v) is 10.9. The number of aliphatic hydroxyl groups excluding tert-OH is 1. The molecule has 0 bridgehead atoms. The minimum atomic E-state index is -1.63. The van der Waals surface area contributed by atoms with Crippen molar-refractivity contribution in [2.45, 2.75) is 70.3 Å². The smallest absolute Gasteiger partial charge is 0.322 e. The first kappa shape index (κ1) is 32.2. The lowest BCUT2D eigenvalue weighted by molar-refractivity contribution is -0.139. The maximum absolute atomic E-state index is 12.8. The number of carboxylic acid groups (broad SMARTS) is 2. The second-order valence-electron chi connectivity index (χ2n) is 8.33. The number of primary amides is 1. The van der Waals surface area contributed by atoms with E-state index < -0.39 is 97.6 Å². The van der Waals surface area contributed by atoms with Gasteiger partial charge in [-0.25, -0.2) is 0 Å². The van der Waals surface area contributed by atoms with Crippen LogP contribution in [0.3, 0.4) is 0 Å². The van der Waals surface area contributed by atoms with E-state index in [1.54, 1.807) is 13.8 Å². The predicted octanol–water partition coefficient (Wildman–Crippen LogP) is -4.25. The summed E-state index contributed by atoms with van der Waals surface area (Å²) in [7, 11) is 0. The molecule has 0 aromatic carbocycles. The molecule has 0 aromatic heterocycles. The summed E-state index contributed by atoms with van der Waals surface area (Å²) in [5.74, 6) is -8.02. The molecule has 11 N–H and O–H groups in total. The lowest BCUT2D eigenvalue weighted by Gasteiger charge is -2.27. The molecule has 16 heteroatoms. The van der Waals surface area contributed by atoms with Crippen LogP contribution in [0.4, 0.5) is 0 Å². The third-order valence-electron chi connectivity index (χ3n) is 4.82. The van der Waals surface area contributed by atoms with Crippen molar-refractivity contribution < 1.29 is 48.9 Å². The molecule has 0 saturated carbocycles. The van der Waals surface area contributed by atoms with E-state index in [-0.39, 0.29) is 5.92 Å². The zero-order valence-electron chi connectivity index (χ0n) is 20.1. The third-order valence-corrected chi connectivity index (χ3v) is 4.82. The van der Waals surface area contributed by atoms with Gasteiger partial charge in [0.2, 0.25) is 29.5 Å². The number of carbonyl (C=O) groups is 7. The molecule has 16 nitrogen and oxygen atoms in total. The number of aliphatic carboxylic acids is 2. The maximum atomic E-state index is 12.8. The molecule has 0 rings (SSSR count). The average molecular weight is 519 g/mol. The summed E-state index contributed by atoms with van der Waals surface area (Å²) in [5, 5.41) is 36.2. The Bertz CT molecular complexity index is 847. The van der Waals surface area contributed by atoms with Gasteiger partial charge >= 0.3 is 11.9 Å². The molecule has 0 saturated heterocycles. The van der Waals surface area contributed by atoms with Gasteiger partial charge in [-0.05, 0) is 19.3 Å². The second kappa shape index (κ2) is 15.3. The molecule has 5 atom stereocenters. The van der Waals surface area contributed by atoms with E-state index in [0.29, 0.717) is 0 Å². The van der Waals surface area contributed by atoms with Crippen LogP contribution in [-0.2, 0) is 33.6 Å². The van der Waals surface area contributed by atoms with Crippen LogP contribution in [-0.4, -0.2) is 93.6 Å². The van der Waals surface area contributed by atoms with E-state index >= 15 is 0 Å². The standard InChI is InChI=1S/C20H34N6O10/c1-8(2)15(22)19(35)26-16(9(3)27)20(36)24-10(4-5-13(29)30)18(34)25-11(6-12(21)28)17(33)23-7-14(31)32/h8-11,15-16,27H,4-7,22H2,1-3H3,(H2,21,28)(H,23,33)(H,24,36)(H,25,34)(H,26,35)(H,29,30)(H,31,32)/t9-,10+,11+,15+,16+/m1/s1. The van der Waals surface area contributed by atoms with Crippen LogP contribution in [0, 0.1) is 5.92 Å². The molecule has 5 amide bonds. The average Bonchev–Trinajstić information content (AvgIpc) is 2.76. The topological polar surface area (TPSA) is 280 Å². The molecule has 0 unspecified atom stereocenters. The van der Waals surface area contributed by atoms with Crippen molar-refractivity contribution >= 4 is 41.5 Å². The summed E-state index contributed by atoms with van der Waals surface area (Å²) >= 11 is 0. The largest absolute Gasteiger partial charge is 0.481 e. The molecular formula is C20H34N6O10. The van der Waals surface area contributed by atoms with Gasteiger partial charge in [0.25, 0.3) is 0 Å². The molecule has 0 aliphatic rings. The van der Waals surface area contributed by atoms with E-state index in [1.807, 2.05) is 5.32 Å². The number of hydrogen-bond donors (Lipinski definition) is 9. The zero-order valence-corrected chi connectivity index (χ0v) is 20.1. The Morgan fingerprint density at radius 2 is 1.33 bits per heavy atom. The van der Waals surface area contributed by atoms with Gasteiger partial charge in [-0.3, -0.25) is 33.6 Å². The molecule has 0 aliphatic heterocycles. The summed E-state index contributed by atoms with van der Waals surface area (Å²) in [6.07, 6.45) is -3.25. The number of carbonyl (C=O) groups excluding carboxylic acids is 5. The Hall–Kier alpha value is -3.79. The van der Waals surface area contributed by atoms with Gasteiger partial charge in [-0.2, -0.15) is 0 Å². The van der Waals surface area contributed by atoms with Crippen molar-refractivity contribution in [2.24, 2.45) is 17.4 Å². The first-order valence-electron chi connectivity index (χ1n) is 10.9. The molecular weight excluding hydrogens is 484 g/mol. The van der Waals surface area contributed by atoms with Gasteiger partial charge in [0.15, 0.2) is 0 Å². The number of rotatable bonds is 16. The van der Waals surface area contributed by atoms with Crippen molar-refractivity contribution in [2.75, 3.05) is 6.54 Å². The van der Waals surface area contributed by atoms with Crippen molar-refractivity contribution in [1.29, 1.82) is 0 Å². The van der Waals surface area contributed by atoms with Crippen LogP contribution in [0.25, 0.3) is 0 Å². The number of carboxylic acids is 2. The fourth-order valence-corrected chi connectivity index (χ4v) is 2.72. The van der Waals surface area contributed by atoms with Gasteiger partial charge in [-0.1, -0.05) is 13.8 Å². The minimum Gasteiger partial charge on any atom is -0.481 e. The third kappa shape index (κ3) is 12.1. The maximum Gasteiger partial charge on any atom is 0.322 e. The number of nitrogens with one attached hydrogen (secondary N) is 4. The molecule has 0 heterocycles. The Kier molecular flexibility index (Phi) is 13.6. The van der Waals surface area contributed by atoms with Crippen molar-refractivity contribution in [1.82, 2.24) is 21.3 Å². The van der Waals surface area contributed by atoms with Crippen LogP contribution in [0.2, 0.25) is 0 Å². The first-order chi connectivity index (χ1) is 16.6. The summed E-state index contributed by atoms with van der Waals surface area (Å²) in [5.41, 5.74) is 10.8. The van der Waals surface area contributed by atoms with Crippen LogP contribution < -0.4 is 32.7 Å². The Morgan fingerprint density at radius 3 is 1.78 bits per heavy atom. The fourth-order valence-electron chi connectivity index (χ4n) is 2.72. The van der Waals surface area contributed by atoms with Crippen LogP contribution in [0.5, 0.6) is 0 Å². The molecule has 204 valence electrons. The van der Waals surface area contributed by atoms with Gasteiger partial charge in [0, 0.05) is 6.42 Å². The number of hydrogen-bond acceptors (Lipinski definition) is 9. The van der Waals surface area contributed by atoms with E-state index in [4.69, 9.17) is 21.7 Å². The fraction of sp³-hybridized carbons (Fsp3) is 0.650. The van der Waals surface area contributed by atoms with E-state index in [0.717, 1.165) is 0 Å². The lowest BCUT2D eigenvalue weighted by Crippen LogP contribution is -2.60. The highest BCUT2D eigenvalue weighted by Gasteiger charge is 2.33. The Balaban J connectivity index is 5.71. The highest BCUT2D eigenvalue weighted by atomic mass is 16.4. The summed E-state index contributed by atoms with van der Waals surface area (Å²) in [6.45, 7) is 3.68. The molecule has 0 aliphatic carbocycles. The lowest BCUT2D eigenvalue weighted by atomic mass is 10.0. The summed E-state index contributed by atoms with van der Waals surface area (Å²) in [4.78, 5) is 83.0. The van der Waals surface area contributed by atoms with E-state index in [9.17, 15) is 38.7 Å². The highest BCUT2D eigenvalue weighted by Crippen LogP contribution is 2.05. The summed E-state index contributed by atoms with van der Waals surface area (Å²) < 4.78 is 0. The molecule has 0 radical (unpaired) electrons. The van der Waals surface area contributed by atoms with Gasteiger partial charge < -0.3 is 48.1 Å². The number of nitrogens with two attached hydrogens (primary N) is 2. The zero-order chi connectivity index (χ0) is 28.2. The van der Waals surface area contributed by atoms with E-state index in [1.165, 1.54) is 6.92 Å². The van der Waals surface area contributed by atoms with Crippen LogP contribution in [0.15, 0.2) is 0 Å². The Labute approximate surface area is 206 Å². The van der Waals surface area contributed by atoms with Crippen LogP contribution >= 0.6 is 0 Å². The van der Waals surface area contributed by atoms with Crippen molar-refractivity contribution in [3.63, 3.8) is 0 Å². The number of aliphatic hydroxyl groups is 1. The van der Waals surface area contributed by atoms with Gasteiger partial charge in [-0.15, -0.1) is 0 Å². The normalized spacial score (nSPS) is 14.9. The predicted molar refractivity (Wildman–Crippen MR) is 122 cm³/mol. The van der Waals surface area contributed by atoms with Crippen molar-refractivity contribution in [3.8, 4) is 0 Å². The van der Waals surface area contributed by atoms with Crippen molar-refractivity contribution in [3.05, 3.63) is 0 Å². The molecule has 36 heavy (non-hydrogen) atoms. The molecule has 0 spiro atoms. The number of amides is 5. The Morgan fingerprint density at radius 1 is 0.778 bits per heavy atom. The molecule has 0 fully saturated rings. The van der Waals surface area contributed by atoms with Gasteiger partial charge in [0.05, 0.1) is 18.6 Å². The monoisotopic (exact) mass is 518 g/mol.